The van der Waals surface area contributed by atoms with Crippen molar-refractivity contribution in [3.63, 3.8) is 0 Å². The van der Waals surface area contributed by atoms with Crippen LogP contribution in [0.4, 0.5) is 0 Å². The van der Waals surface area contributed by atoms with Crippen molar-refractivity contribution in [2.24, 2.45) is 5.92 Å². The summed E-state index contributed by atoms with van der Waals surface area (Å²) in [6.07, 6.45) is 5.88. The second-order valence-electron chi connectivity index (χ2n) is 8.90. The van der Waals surface area contributed by atoms with E-state index < -0.39 is 0 Å². The molecule has 0 aliphatic rings. The summed E-state index contributed by atoms with van der Waals surface area (Å²) in [5.41, 5.74) is 4.57. The molecule has 0 saturated carbocycles. The van der Waals surface area contributed by atoms with Crippen LogP contribution >= 0.6 is 0 Å². The van der Waals surface area contributed by atoms with Crippen molar-refractivity contribution < 1.29 is 9.53 Å². The predicted molar refractivity (Wildman–Crippen MR) is 136 cm³/mol. The highest BCUT2D eigenvalue weighted by molar-refractivity contribution is 5.78. The quantitative estimate of drug-likeness (QED) is 0.326. The molecular weight excluding hydrogens is 410 g/mol. The van der Waals surface area contributed by atoms with Gasteiger partial charge in [-0.15, -0.1) is 0 Å². The minimum atomic E-state index is 0.149. The zero-order valence-corrected chi connectivity index (χ0v) is 20.7. The molecule has 0 unspecified atom stereocenters. The molecular formula is C28H39N3O2. The first-order valence-electron chi connectivity index (χ1n) is 12.4. The van der Waals surface area contributed by atoms with E-state index in [1.807, 2.05) is 6.07 Å². The van der Waals surface area contributed by atoms with Gasteiger partial charge in [0.1, 0.15) is 18.2 Å². The van der Waals surface area contributed by atoms with E-state index in [4.69, 9.17) is 9.72 Å². The molecule has 3 aromatic rings. The Labute approximate surface area is 198 Å². The Morgan fingerprint density at radius 3 is 2.64 bits per heavy atom. The summed E-state index contributed by atoms with van der Waals surface area (Å²) < 4.78 is 8.42. The van der Waals surface area contributed by atoms with Crippen LogP contribution < -0.4 is 10.1 Å². The molecule has 33 heavy (non-hydrogen) atoms. The number of hydrogen-bond donors (Lipinski definition) is 1. The van der Waals surface area contributed by atoms with E-state index in [0.29, 0.717) is 6.61 Å². The second-order valence-corrected chi connectivity index (χ2v) is 8.90. The van der Waals surface area contributed by atoms with Crippen molar-refractivity contribution in [1.29, 1.82) is 0 Å². The highest BCUT2D eigenvalue weighted by Gasteiger charge is 2.13. The number of imidazole rings is 1. The molecule has 2 aromatic carbocycles. The van der Waals surface area contributed by atoms with Crippen LogP contribution in [0.3, 0.4) is 0 Å². The van der Waals surface area contributed by atoms with Crippen LogP contribution in [0.15, 0.2) is 42.5 Å². The molecule has 0 saturated heterocycles. The van der Waals surface area contributed by atoms with E-state index in [1.165, 1.54) is 5.56 Å². The molecule has 1 heterocycles. The normalized spacial score (nSPS) is 11.3. The van der Waals surface area contributed by atoms with Crippen molar-refractivity contribution in [3.05, 3.63) is 59.4 Å². The molecule has 1 N–H and O–H groups in total. The molecule has 3 rings (SSSR count). The van der Waals surface area contributed by atoms with Gasteiger partial charge in [-0.2, -0.15) is 0 Å². The van der Waals surface area contributed by atoms with Gasteiger partial charge in [0.25, 0.3) is 0 Å². The van der Waals surface area contributed by atoms with Gasteiger partial charge in [0.05, 0.1) is 17.6 Å². The standard InChI is InChI=1S/C28H39N3O2/c1-5-23(6-2)28(32)29-17-11-7-8-14-27-30-24-12-9-10-13-25(24)31(27)18-19-33-26-20-21(3)15-16-22(26)4/h9-10,12-13,15-16,20,23H,5-8,11,14,17-19H2,1-4H3,(H,29,32). The number of rotatable bonds is 13. The highest BCUT2D eigenvalue weighted by atomic mass is 16.5. The third-order valence-corrected chi connectivity index (χ3v) is 6.38. The summed E-state index contributed by atoms with van der Waals surface area (Å²) in [6, 6.07) is 14.6. The van der Waals surface area contributed by atoms with Crippen molar-refractivity contribution in [2.75, 3.05) is 13.2 Å². The summed E-state index contributed by atoms with van der Waals surface area (Å²) in [4.78, 5) is 17.0. The van der Waals surface area contributed by atoms with Crippen LogP contribution in [0.1, 0.15) is 62.9 Å². The maximum atomic E-state index is 12.1. The number of ether oxygens (including phenoxy) is 1. The monoisotopic (exact) mass is 449 g/mol. The third-order valence-electron chi connectivity index (χ3n) is 6.38. The van der Waals surface area contributed by atoms with Gasteiger partial charge in [0.15, 0.2) is 0 Å². The van der Waals surface area contributed by atoms with Gasteiger partial charge in [-0.05, 0) is 68.9 Å². The van der Waals surface area contributed by atoms with E-state index in [-0.39, 0.29) is 11.8 Å². The van der Waals surface area contributed by atoms with Crippen LogP contribution in [-0.2, 0) is 17.8 Å². The smallest absolute Gasteiger partial charge is 0.223 e. The van der Waals surface area contributed by atoms with Crippen LogP contribution in [0, 0.1) is 19.8 Å². The van der Waals surface area contributed by atoms with E-state index in [1.54, 1.807) is 0 Å². The van der Waals surface area contributed by atoms with E-state index in [9.17, 15) is 4.79 Å². The number of unbranched alkanes of at least 4 members (excludes halogenated alkanes) is 2. The van der Waals surface area contributed by atoms with Crippen LogP contribution in [-0.4, -0.2) is 28.6 Å². The number of nitrogens with zero attached hydrogens (tertiary/aromatic N) is 2. The number of carbonyl (C=O) groups is 1. The number of fused-ring (bicyclic) bond motifs is 1. The van der Waals surface area contributed by atoms with Gasteiger partial charge < -0.3 is 14.6 Å². The van der Waals surface area contributed by atoms with Crippen molar-refractivity contribution >= 4 is 16.9 Å². The molecule has 0 aliphatic carbocycles. The molecule has 5 nitrogen and oxygen atoms in total. The van der Waals surface area contributed by atoms with E-state index in [2.05, 4.69) is 74.0 Å². The molecule has 0 atom stereocenters. The van der Waals surface area contributed by atoms with Crippen LogP contribution in [0.25, 0.3) is 11.0 Å². The second kappa shape index (κ2) is 12.4. The van der Waals surface area contributed by atoms with E-state index in [0.717, 1.165) is 79.8 Å². The average Bonchev–Trinajstić information content (AvgIpc) is 3.16. The summed E-state index contributed by atoms with van der Waals surface area (Å²) >= 11 is 0. The number of carbonyl (C=O) groups excluding carboxylic acids is 1. The minimum absolute atomic E-state index is 0.149. The molecule has 178 valence electrons. The molecule has 0 spiro atoms. The number of para-hydroxylation sites is 2. The zero-order chi connectivity index (χ0) is 23.6. The Balaban J connectivity index is 1.53. The number of hydrogen-bond acceptors (Lipinski definition) is 3. The molecule has 0 bridgehead atoms. The highest BCUT2D eigenvalue weighted by Crippen LogP contribution is 2.21. The lowest BCUT2D eigenvalue weighted by atomic mass is 10.0. The number of benzene rings is 2. The Morgan fingerprint density at radius 1 is 1.06 bits per heavy atom. The summed E-state index contributed by atoms with van der Waals surface area (Å²) in [7, 11) is 0. The van der Waals surface area contributed by atoms with Gasteiger partial charge in [-0.3, -0.25) is 4.79 Å². The third kappa shape index (κ3) is 6.83. The Hall–Kier alpha value is -2.82. The molecule has 0 aliphatic heterocycles. The van der Waals surface area contributed by atoms with Crippen molar-refractivity contribution in [1.82, 2.24) is 14.9 Å². The lowest BCUT2D eigenvalue weighted by molar-refractivity contribution is -0.125. The van der Waals surface area contributed by atoms with Crippen LogP contribution in [0.5, 0.6) is 5.75 Å². The minimum Gasteiger partial charge on any atom is -0.491 e. The van der Waals surface area contributed by atoms with Crippen molar-refractivity contribution in [2.45, 2.75) is 72.8 Å². The maximum absolute atomic E-state index is 12.1. The van der Waals surface area contributed by atoms with Gasteiger partial charge in [-0.1, -0.05) is 44.5 Å². The molecule has 0 fully saturated rings. The topological polar surface area (TPSA) is 56.2 Å². The first kappa shape index (κ1) is 24.8. The number of amides is 1. The van der Waals surface area contributed by atoms with Gasteiger partial charge in [0.2, 0.25) is 5.91 Å². The molecule has 5 heteroatoms. The zero-order valence-electron chi connectivity index (χ0n) is 20.7. The number of nitrogens with one attached hydrogen (secondary N) is 1. The number of aromatic nitrogens is 2. The van der Waals surface area contributed by atoms with Crippen molar-refractivity contribution in [3.8, 4) is 5.75 Å². The number of aryl methyl sites for hydroxylation is 3. The fourth-order valence-corrected chi connectivity index (χ4v) is 4.28. The fraction of sp³-hybridized carbons (Fsp3) is 0.500. The Morgan fingerprint density at radius 2 is 1.85 bits per heavy atom. The molecule has 1 amide bonds. The van der Waals surface area contributed by atoms with Gasteiger partial charge in [0, 0.05) is 18.9 Å². The van der Waals surface area contributed by atoms with Gasteiger partial charge >= 0.3 is 0 Å². The lowest BCUT2D eigenvalue weighted by Crippen LogP contribution is -2.30. The fourth-order valence-electron chi connectivity index (χ4n) is 4.28. The summed E-state index contributed by atoms with van der Waals surface area (Å²) in [5.74, 6) is 2.42. The molecule has 1 aromatic heterocycles. The maximum Gasteiger partial charge on any atom is 0.223 e. The first-order chi connectivity index (χ1) is 16.0. The first-order valence-corrected chi connectivity index (χ1v) is 12.4. The van der Waals surface area contributed by atoms with E-state index >= 15 is 0 Å². The Kier molecular flexibility index (Phi) is 9.35. The summed E-state index contributed by atoms with van der Waals surface area (Å²) in [6.45, 7) is 10.5. The predicted octanol–water partition coefficient (Wildman–Crippen LogP) is 6.00. The van der Waals surface area contributed by atoms with Gasteiger partial charge in [-0.25, -0.2) is 4.98 Å². The largest absolute Gasteiger partial charge is 0.491 e. The lowest BCUT2D eigenvalue weighted by Gasteiger charge is -2.13. The molecule has 0 radical (unpaired) electrons. The SMILES string of the molecule is CCC(CC)C(=O)NCCCCCc1nc2ccccc2n1CCOc1cc(C)ccc1C. The average molecular weight is 450 g/mol. The Bertz CT molecular complexity index is 1040. The summed E-state index contributed by atoms with van der Waals surface area (Å²) in [5, 5.41) is 3.09. The van der Waals surface area contributed by atoms with Crippen LogP contribution in [0.2, 0.25) is 0 Å².